The summed E-state index contributed by atoms with van der Waals surface area (Å²) < 4.78 is 6.47. The number of nitro groups is 1. The van der Waals surface area contributed by atoms with E-state index in [0.29, 0.717) is 11.3 Å². The third-order valence-corrected chi connectivity index (χ3v) is 3.20. The normalized spacial score (nSPS) is 10.7. The molecule has 0 fully saturated rings. The Bertz CT molecular complexity index is 671. The molecule has 0 unspecified atom stereocenters. The first kappa shape index (κ1) is 15.0. The Labute approximate surface area is 128 Å². The van der Waals surface area contributed by atoms with Crippen LogP contribution in [0.15, 0.2) is 52.1 Å². The van der Waals surface area contributed by atoms with Crippen molar-refractivity contribution in [2.75, 3.05) is 0 Å². The summed E-state index contributed by atoms with van der Waals surface area (Å²) in [5.74, 6) is 0.550. The number of rotatable bonds is 5. The van der Waals surface area contributed by atoms with Crippen LogP contribution >= 0.6 is 15.9 Å². The second-order valence-corrected chi connectivity index (χ2v) is 5.05. The number of non-ortho nitro benzene ring substituents is 1. The Hall–Kier alpha value is -2.41. The van der Waals surface area contributed by atoms with Crippen molar-refractivity contribution in [2.24, 2.45) is 5.16 Å². The van der Waals surface area contributed by atoms with Gasteiger partial charge in [-0.25, -0.2) is 0 Å². The molecule has 0 heterocycles. The van der Waals surface area contributed by atoms with Crippen LogP contribution < -0.4 is 4.74 Å². The molecule has 0 atom stereocenters. The van der Waals surface area contributed by atoms with Gasteiger partial charge in [-0.05, 0) is 35.9 Å². The first-order chi connectivity index (χ1) is 10.1. The largest absolute Gasteiger partial charge is 0.488 e. The van der Waals surface area contributed by atoms with Gasteiger partial charge in [0.15, 0.2) is 0 Å². The quantitative estimate of drug-likeness (QED) is 0.385. The van der Waals surface area contributed by atoms with Crippen LogP contribution in [0, 0.1) is 10.1 Å². The van der Waals surface area contributed by atoms with E-state index in [4.69, 9.17) is 9.94 Å². The van der Waals surface area contributed by atoms with Crippen molar-refractivity contribution >= 4 is 27.8 Å². The van der Waals surface area contributed by atoms with E-state index in [2.05, 4.69) is 21.1 Å². The zero-order valence-electron chi connectivity index (χ0n) is 10.8. The topological polar surface area (TPSA) is 85.0 Å². The molecule has 0 saturated carbocycles. The summed E-state index contributed by atoms with van der Waals surface area (Å²) in [5.41, 5.74) is 1.46. The molecule has 0 saturated heterocycles. The molecular formula is C14H11BrN2O4. The number of nitro benzene ring substituents is 1. The highest BCUT2D eigenvalue weighted by atomic mass is 79.9. The Morgan fingerprint density at radius 2 is 2.00 bits per heavy atom. The maximum absolute atomic E-state index is 10.6. The van der Waals surface area contributed by atoms with Gasteiger partial charge in [0.1, 0.15) is 12.4 Å². The second-order valence-electron chi connectivity index (χ2n) is 4.14. The van der Waals surface area contributed by atoms with E-state index >= 15 is 0 Å². The van der Waals surface area contributed by atoms with Crippen molar-refractivity contribution in [2.45, 2.75) is 6.61 Å². The molecule has 108 valence electrons. The molecule has 0 aliphatic heterocycles. The lowest BCUT2D eigenvalue weighted by Crippen LogP contribution is -1.99. The molecule has 6 nitrogen and oxygen atoms in total. The Kier molecular flexibility index (Phi) is 4.89. The fourth-order valence-electron chi connectivity index (χ4n) is 1.69. The van der Waals surface area contributed by atoms with Crippen LogP contribution in [0.5, 0.6) is 5.75 Å². The van der Waals surface area contributed by atoms with E-state index < -0.39 is 4.92 Å². The Morgan fingerprint density at radius 3 is 2.62 bits per heavy atom. The second kappa shape index (κ2) is 6.85. The molecule has 0 aliphatic carbocycles. The number of ether oxygens (including phenoxy) is 1. The number of halogens is 1. The monoisotopic (exact) mass is 350 g/mol. The fourth-order valence-corrected chi connectivity index (χ4v) is 2.07. The van der Waals surface area contributed by atoms with Crippen LogP contribution in [0.1, 0.15) is 11.1 Å². The molecule has 2 aromatic rings. The summed E-state index contributed by atoms with van der Waals surface area (Å²) in [4.78, 5) is 10.1. The summed E-state index contributed by atoms with van der Waals surface area (Å²) in [6, 6.07) is 11.4. The minimum Gasteiger partial charge on any atom is -0.488 e. The van der Waals surface area contributed by atoms with E-state index in [1.54, 1.807) is 30.3 Å². The first-order valence-corrected chi connectivity index (χ1v) is 6.72. The van der Waals surface area contributed by atoms with Crippen molar-refractivity contribution in [3.05, 3.63) is 68.2 Å². The van der Waals surface area contributed by atoms with Crippen molar-refractivity contribution in [3.63, 3.8) is 0 Å². The van der Waals surface area contributed by atoms with Crippen LogP contribution in [-0.2, 0) is 6.61 Å². The van der Waals surface area contributed by atoms with Gasteiger partial charge >= 0.3 is 0 Å². The van der Waals surface area contributed by atoms with Crippen molar-refractivity contribution in [1.29, 1.82) is 0 Å². The molecule has 0 bridgehead atoms. The average Bonchev–Trinajstić information content (AvgIpc) is 2.47. The van der Waals surface area contributed by atoms with Gasteiger partial charge in [-0.15, -0.1) is 0 Å². The van der Waals surface area contributed by atoms with E-state index in [9.17, 15) is 10.1 Å². The number of hydrogen-bond acceptors (Lipinski definition) is 5. The molecule has 2 aromatic carbocycles. The lowest BCUT2D eigenvalue weighted by Gasteiger charge is -2.09. The SMILES string of the molecule is O=[N+]([O-])c1ccc(COc2ccc(Br)cc2/C=N/O)cc1. The molecule has 0 radical (unpaired) electrons. The van der Waals surface area contributed by atoms with Gasteiger partial charge in [-0.3, -0.25) is 10.1 Å². The Morgan fingerprint density at radius 1 is 1.29 bits per heavy atom. The van der Waals surface area contributed by atoms with Gasteiger partial charge < -0.3 is 9.94 Å². The summed E-state index contributed by atoms with van der Waals surface area (Å²) in [6.45, 7) is 0.256. The minimum atomic E-state index is -0.449. The highest BCUT2D eigenvalue weighted by Crippen LogP contribution is 2.23. The van der Waals surface area contributed by atoms with Crippen LogP contribution in [0.2, 0.25) is 0 Å². The third kappa shape index (κ3) is 4.03. The molecule has 0 aliphatic rings. The lowest BCUT2D eigenvalue weighted by molar-refractivity contribution is -0.384. The molecule has 2 rings (SSSR count). The smallest absolute Gasteiger partial charge is 0.269 e. The summed E-state index contributed by atoms with van der Waals surface area (Å²) in [5, 5.41) is 22.2. The minimum absolute atomic E-state index is 0.0375. The van der Waals surface area contributed by atoms with Crippen molar-refractivity contribution < 1.29 is 14.9 Å². The van der Waals surface area contributed by atoms with Crippen molar-refractivity contribution in [1.82, 2.24) is 0 Å². The molecule has 1 N–H and O–H groups in total. The van der Waals surface area contributed by atoms with E-state index in [0.717, 1.165) is 10.0 Å². The molecule has 0 spiro atoms. The number of benzene rings is 2. The van der Waals surface area contributed by atoms with Gasteiger partial charge in [0.05, 0.1) is 11.1 Å². The Balaban J connectivity index is 2.10. The van der Waals surface area contributed by atoms with E-state index in [1.165, 1.54) is 18.3 Å². The number of hydrogen-bond donors (Lipinski definition) is 1. The predicted molar refractivity (Wildman–Crippen MR) is 81.0 cm³/mol. The maximum Gasteiger partial charge on any atom is 0.269 e. The van der Waals surface area contributed by atoms with Crippen molar-refractivity contribution in [3.8, 4) is 5.75 Å². The summed E-state index contributed by atoms with van der Waals surface area (Å²) in [7, 11) is 0. The molecule has 0 amide bonds. The van der Waals surface area contributed by atoms with Gasteiger partial charge in [0.2, 0.25) is 0 Å². The zero-order valence-corrected chi connectivity index (χ0v) is 12.4. The van der Waals surface area contributed by atoms with Crippen LogP contribution in [-0.4, -0.2) is 16.3 Å². The molecule has 7 heteroatoms. The molecular weight excluding hydrogens is 340 g/mol. The number of nitrogens with zero attached hydrogens (tertiary/aromatic N) is 2. The van der Waals surface area contributed by atoms with Gasteiger partial charge in [0.25, 0.3) is 5.69 Å². The first-order valence-electron chi connectivity index (χ1n) is 5.93. The van der Waals surface area contributed by atoms with Gasteiger partial charge in [0, 0.05) is 22.2 Å². The summed E-state index contributed by atoms with van der Waals surface area (Å²) in [6.07, 6.45) is 1.27. The van der Waals surface area contributed by atoms with Gasteiger partial charge in [-0.1, -0.05) is 21.1 Å². The van der Waals surface area contributed by atoms with Crippen LogP contribution in [0.25, 0.3) is 0 Å². The predicted octanol–water partition coefficient (Wildman–Crippen LogP) is 3.74. The third-order valence-electron chi connectivity index (χ3n) is 2.71. The molecule has 0 aromatic heterocycles. The molecule has 21 heavy (non-hydrogen) atoms. The van der Waals surface area contributed by atoms with E-state index in [-0.39, 0.29) is 12.3 Å². The highest BCUT2D eigenvalue weighted by molar-refractivity contribution is 9.10. The van der Waals surface area contributed by atoms with Gasteiger partial charge in [-0.2, -0.15) is 0 Å². The van der Waals surface area contributed by atoms with Crippen LogP contribution in [0.3, 0.4) is 0 Å². The van der Waals surface area contributed by atoms with E-state index in [1.807, 2.05) is 0 Å². The maximum atomic E-state index is 10.6. The standard InChI is InChI=1S/C14H11BrN2O4/c15-12-3-6-14(11(7-12)8-16-18)21-9-10-1-4-13(5-2-10)17(19)20/h1-8,18H,9H2/b16-8+. The lowest BCUT2D eigenvalue weighted by atomic mass is 10.2. The summed E-state index contributed by atoms with van der Waals surface area (Å²) >= 11 is 3.32. The highest BCUT2D eigenvalue weighted by Gasteiger charge is 2.06. The van der Waals surface area contributed by atoms with Crippen LogP contribution in [0.4, 0.5) is 5.69 Å². The zero-order chi connectivity index (χ0) is 15.2. The average molecular weight is 351 g/mol. The number of oxime groups is 1. The fraction of sp³-hybridized carbons (Fsp3) is 0.0714.